The zero-order valence-corrected chi connectivity index (χ0v) is 19.0. The third-order valence-corrected chi connectivity index (χ3v) is 4.05. The van der Waals surface area contributed by atoms with E-state index in [1.54, 1.807) is 0 Å². The first-order chi connectivity index (χ1) is 13.7. The fraction of sp³-hybridized carbons (Fsp3) is 0.538. The molecule has 0 N–H and O–H groups in total. The molecule has 2 aromatic rings. The third kappa shape index (κ3) is 13.2. The van der Waals surface area contributed by atoms with Gasteiger partial charge in [-0.1, -0.05) is 89.8 Å². The van der Waals surface area contributed by atoms with E-state index in [9.17, 15) is 0 Å². The monoisotopic (exact) mass is 386 g/mol. The van der Waals surface area contributed by atoms with Gasteiger partial charge in [0.15, 0.2) is 0 Å². The molecule has 28 heavy (non-hydrogen) atoms. The van der Waals surface area contributed by atoms with Crippen molar-refractivity contribution in [2.75, 3.05) is 6.61 Å². The average Bonchev–Trinajstić information content (AvgIpc) is 2.73. The molecule has 0 heterocycles. The van der Waals surface area contributed by atoms with Crippen LogP contribution in [0, 0.1) is 6.92 Å². The summed E-state index contributed by atoms with van der Waals surface area (Å²) in [4.78, 5) is 0. The molecule has 0 atom stereocenters. The summed E-state index contributed by atoms with van der Waals surface area (Å²) >= 11 is 0. The number of ether oxygens (including phenoxy) is 2. The molecule has 2 aromatic carbocycles. The largest absolute Gasteiger partial charge is 0.494 e. The molecule has 0 aliphatic heterocycles. The van der Waals surface area contributed by atoms with Crippen LogP contribution in [0.3, 0.4) is 0 Å². The van der Waals surface area contributed by atoms with Crippen LogP contribution in [0.4, 0.5) is 0 Å². The van der Waals surface area contributed by atoms with Crippen molar-refractivity contribution in [1.29, 1.82) is 0 Å². The number of hydrogen-bond donors (Lipinski definition) is 0. The average molecular weight is 387 g/mol. The van der Waals surface area contributed by atoms with E-state index in [1.165, 1.54) is 24.8 Å². The Labute approximate surface area is 174 Å². The van der Waals surface area contributed by atoms with Gasteiger partial charge >= 0.3 is 0 Å². The molecule has 0 unspecified atom stereocenters. The van der Waals surface area contributed by atoms with Gasteiger partial charge in [-0.15, -0.1) is 0 Å². The van der Waals surface area contributed by atoms with Crippen LogP contribution in [0.2, 0.25) is 0 Å². The van der Waals surface area contributed by atoms with E-state index >= 15 is 0 Å². The van der Waals surface area contributed by atoms with Gasteiger partial charge in [-0.3, -0.25) is 0 Å². The van der Waals surface area contributed by atoms with Crippen LogP contribution in [-0.2, 0) is 0 Å². The maximum Gasteiger partial charge on any atom is 0.119 e. The van der Waals surface area contributed by atoms with Crippen LogP contribution >= 0.6 is 0 Å². The van der Waals surface area contributed by atoms with Crippen molar-refractivity contribution in [3.8, 4) is 11.5 Å². The fourth-order valence-corrected chi connectivity index (χ4v) is 2.57. The minimum absolute atomic E-state index is 0.396. The zero-order valence-electron chi connectivity index (χ0n) is 19.0. The minimum atomic E-state index is 0.396. The van der Waals surface area contributed by atoms with Crippen molar-refractivity contribution in [3.63, 3.8) is 0 Å². The van der Waals surface area contributed by atoms with Gasteiger partial charge < -0.3 is 9.47 Å². The molecule has 0 aliphatic carbocycles. The lowest BCUT2D eigenvalue weighted by molar-refractivity contribution is 0.179. The molecule has 2 nitrogen and oxygen atoms in total. The Morgan fingerprint density at radius 3 is 1.79 bits per heavy atom. The lowest BCUT2D eigenvalue weighted by Gasteiger charge is -2.17. The van der Waals surface area contributed by atoms with Crippen molar-refractivity contribution in [1.82, 2.24) is 0 Å². The number of unbranched alkanes of at least 4 members (excludes halogenated alkanes) is 1. The van der Waals surface area contributed by atoms with E-state index in [0.29, 0.717) is 6.10 Å². The molecule has 0 bridgehead atoms. The van der Waals surface area contributed by atoms with Crippen LogP contribution in [-0.4, -0.2) is 12.7 Å². The minimum Gasteiger partial charge on any atom is -0.494 e. The highest BCUT2D eigenvalue weighted by Gasteiger charge is 2.07. The summed E-state index contributed by atoms with van der Waals surface area (Å²) in [6.45, 7) is 13.5. The molecule has 2 heteroatoms. The SMILES string of the molecule is CC.CCCC(CCC)Oc1ccccc1.CCCCOc1ccc(C)cc1. The Bertz CT molecular complexity index is 542. The molecule has 2 rings (SSSR count). The molecule has 0 spiro atoms. The predicted octanol–water partition coefficient (Wildman–Crippen LogP) is 8.23. The smallest absolute Gasteiger partial charge is 0.119 e. The van der Waals surface area contributed by atoms with E-state index in [1.807, 2.05) is 56.3 Å². The van der Waals surface area contributed by atoms with Crippen LogP contribution in [0.15, 0.2) is 54.6 Å². The predicted molar refractivity (Wildman–Crippen MR) is 124 cm³/mol. The van der Waals surface area contributed by atoms with E-state index in [2.05, 4.69) is 39.8 Å². The molecule has 0 aromatic heterocycles. The molecule has 0 fully saturated rings. The quantitative estimate of drug-likeness (QED) is 0.383. The standard InChI is InChI=1S/C13H20O.C11H16O.C2H6/c1-3-8-12(9-4-2)14-13-10-6-5-7-11-13;1-3-4-9-12-11-7-5-10(2)6-8-11;1-2/h5-7,10-12H,3-4,8-9H2,1-2H3;5-8H,3-4,9H2,1-2H3;1-2H3. The first-order valence-corrected chi connectivity index (χ1v) is 11.1. The summed E-state index contributed by atoms with van der Waals surface area (Å²) in [7, 11) is 0. The van der Waals surface area contributed by atoms with Gasteiger partial charge in [-0.05, 0) is 50.5 Å². The van der Waals surface area contributed by atoms with Gasteiger partial charge in [0.25, 0.3) is 0 Å². The summed E-state index contributed by atoms with van der Waals surface area (Å²) in [5.41, 5.74) is 1.28. The first-order valence-electron chi connectivity index (χ1n) is 11.1. The number of hydrogen-bond acceptors (Lipinski definition) is 2. The highest BCUT2D eigenvalue weighted by Crippen LogP contribution is 2.16. The number of aryl methyl sites for hydroxylation is 1. The van der Waals surface area contributed by atoms with Crippen molar-refractivity contribution in [2.45, 2.75) is 86.2 Å². The van der Waals surface area contributed by atoms with Gasteiger partial charge in [0.2, 0.25) is 0 Å². The fourth-order valence-electron chi connectivity index (χ4n) is 2.57. The van der Waals surface area contributed by atoms with Crippen LogP contribution in [0.5, 0.6) is 11.5 Å². The second-order valence-corrected chi connectivity index (χ2v) is 6.65. The van der Waals surface area contributed by atoms with Gasteiger partial charge in [0, 0.05) is 0 Å². The van der Waals surface area contributed by atoms with Crippen molar-refractivity contribution >= 4 is 0 Å². The van der Waals surface area contributed by atoms with Gasteiger partial charge in [0.1, 0.15) is 11.5 Å². The Kier molecular flexibility index (Phi) is 17.1. The normalized spacial score (nSPS) is 9.68. The molecule has 0 amide bonds. The summed E-state index contributed by atoms with van der Waals surface area (Å²) in [6, 6.07) is 18.3. The maximum absolute atomic E-state index is 5.90. The summed E-state index contributed by atoms with van der Waals surface area (Å²) in [6.07, 6.45) is 7.41. The van der Waals surface area contributed by atoms with E-state index in [-0.39, 0.29) is 0 Å². The lowest BCUT2D eigenvalue weighted by atomic mass is 10.1. The molecular formula is C26H42O2. The Hall–Kier alpha value is -1.96. The summed E-state index contributed by atoms with van der Waals surface area (Å²) < 4.78 is 11.4. The van der Waals surface area contributed by atoms with Crippen molar-refractivity contribution in [2.24, 2.45) is 0 Å². The molecule has 0 saturated carbocycles. The Morgan fingerprint density at radius 2 is 1.29 bits per heavy atom. The second-order valence-electron chi connectivity index (χ2n) is 6.65. The van der Waals surface area contributed by atoms with Crippen LogP contribution in [0.25, 0.3) is 0 Å². The summed E-state index contributed by atoms with van der Waals surface area (Å²) in [5.74, 6) is 1.98. The zero-order chi connectivity index (χ0) is 21.0. The Balaban J connectivity index is 0.000000483. The Morgan fingerprint density at radius 1 is 0.714 bits per heavy atom. The van der Waals surface area contributed by atoms with E-state index in [4.69, 9.17) is 9.47 Å². The molecule has 0 radical (unpaired) electrons. The van der Waals surface area contributed by atoms with Gasteiger partial charge in [-0.2, -0.15) is 0 Å². The van der Waals surface area contributed by atoms with Gasteiger partial charge in [-0.25, -0.2) is 0 Å². The number of rotatable bonds is 10. The molecule has 158 valence electrons. The van der Waals surface area contributed by atoms with Gasteiger partial charge in [0.05, 0.1) is 12.7 Å². The second kappa shape index (κ2) is 18.4. The lowest BCUT2D eigenvalue weighted by Crippen LogP contribution is -2.15. The first kappa shape index (κ1) is 26.0. The highest BCUT2D eigenvalue weighted by molar-refractivity contribution is 5.26. The van der Waals surface area contributed by atoms with E-state index < -0.39 is 0 Å². The van der Waals surface area contributed by atoms with Crippen LogP contribution < -0.4 is 9.47 Å². The summed E-state index contributed by atoms with van der Waals surface area (Å²) in [5, 5.41) is 0. The third-order valence-electron chi connectivity index (χ3n) is 4.05. The number of para-hydroxylation sites is 1. The van der Waals surface area contributed by atoms with Crippen molar-refractivity contribution < 1.29 is 9.47 Å². The molecule has 0 aliphatic rings. The van der Waals surface area contributed by atoms with Crippen molar-refractivity contribution in [3.05, 3.63) is 60.2 Å². The van der Waals surface area contributed by atoms with Crippen LogP contribution in [0.1, 0.15) is 78.7 Å². The molecular weight excluding hydrogens is 344 g/mol. The number of benzene rings is 2. The molecule has 0 saturated heterocycles. The topological polar surface area (TPSA) is 18.5 Å². The highest BCUT2D eigenvalue weighted by atomic mass is 16.5. The van der Waals surface area contributed by atoms with E-state index in [0.717, 1.165) is 37.4 Å². The maximum atomic E-state index is 5.90.